The van der Waals surface area contributed by atoms with E-state index < -0.39 is 0 Å². The molecule has 3 heteroatoms. The van der Waals surface area contributed by atoms with Crippen molar-refractivity contribution in [3.63, 3.8) is 0 Å². The van der Waals surface area contributed by atoms with Crippen LogP contribution in [0.25, 0.3) is 55.2 Å². The molecule has 0 aliphatic heterocycles. The molecule has 0 bridgehead atoms. The second kappa shape index (κ2) is 10.1. The van der Waals surface area contributed by atoms with E-state index in [0.29, 0.717) is 0 Å². The Morgan fingerprint density at radius 2 is 1.05 bits per heavy atom. The summed E-state index contributed by atoms with van der Waals surface area (Å²) in [5.74, 6) is 0. The van der Waals surface area contributed by atoms with Gasteiger partial charge in [0.15, 0.2) is 5.58 Å². The molecule has 8 aromatic rings. The molecule has 6 aromatic carbocycles. The number of fused-ring (bicyclic) bond motifs is 4. The molecule has 3 nitrogen and oxygen atoms in total. The van der Waals surface area contributed by atoms with E-state index >= 15 is 0 Å². The lowest BCUT2D eigenvalue weighted by molar-refractivity contribution is 0.668. The van der Waals surface area contributed by atoms with Crippen molar-refractivity contribution in [3.8, 4) is 22.4 Å². The van der Waals surface area contributed by atoms with Crippen LogP contribution in [-0.2, 0) is 0 Å². The molecule has 0 saturated carbocycles. The first kappa shape index (κ1) is 24.2. The zero-order valence-corrected chi connectivity index (χ0v) is 22.8. The average molecular weight is 539 g/mol. The van der Waals surface area contributed by atoms with Crippen LogP contribution in [0.4, 0.5) is 17.1 Å². The van der Waals surface area contributed by atoms with Crippen molar-refractivity contribution in [2.45, 2.75) is 0 Å². The van der Waals surface area contributed by atoms with Crippen LogP contribution in [0.3, 0.4) is 0 Å². The number of benzene rings is 6. The Bertz CT molecular complexity index is 2180. The smallest absolute Gasteiger partial charge is 0.153 e. The quantitative estimate of drug-likeness (QED) is 0.218. The zero-order valence-electron chi connectivity index (χ0n) is 22.8. The van der Waals surface area contributed by atoms with Crippen molar-refractivity contribution in [1.29, 1.82) is 0 Å². The van der Waals surface area contributed by atoms with Gasteiger partial charge in [0.25, 0.3) is 0 Å². The van der Waals surface area contributed by atoms with Gasteiger partial charge >= 0.3 is 0 Å². The number of nitrogens with zero attached hydrogens (tertiary/aromatic N) is 2. The topological polar surface area (TPSA) is 29.3 Å². The van der Waals surface area contributed by atoms with Gasteiger partial charge < -0.3 is 9.32 Å². The van der Waals surface area contributed by atoms with E-state index in [4.69, 9.17) is 9.40 Å². The number of pyridine rings is 1. The number of aromatic nitrogens is 1. The minimum atomic E-state index is 0.805. The number of furan rings is 1. The van der Waals surface area contributed by atoms with E-state index in [1.807, 2.05) is 30.3 Å². The molecule has 2 aromatic heterocycles. The van der Waals surface area contributed by atoms with Crippen LogP contribution in [0.5, 0.6) is 0 Å². The van der Waals surface area contributed by atoms with Crippen LogP contribution in [0, 0.1) is 0 Å². The van der Waals surface area contributed by atoms with Gasteiger partial charge in [0.05, 0.1) is 5.69 Å². The maximum Gasteiger partial charge on any atom is 0.153 e. The third-order valence-electron chi connectivity index (χ3n) is 7.86. The summed E-state index contributed by atoms with van der Waals surface area (Å²) in [6.07, 6.45) is 0. The molecule has 0 fully saturated rings. The summed E-state index contributed by atoms with van der Waals surface area (Å²) >= 11 is 0. The molecule has 2 heterocycles. The van der Waals surface area contributed by atoms with Gasteiger partial charge in [0.2, 0.25) is 0 Å². The van der Waals surface area contributed by atoms with E-state index in [1.165, 1.54) is 21.9 Å². The molecule has 0 aliphatic carbocycles. The first-order chi connectivity index (χ1) is 20.8. The van der Waals surface area contributed by atoms with Gasteiger partial charge in [0.1, 0.15) is 11.1 Å². The summed E-state index contributed by atoms with van der Waals surface area (Å²) in [4.78, 5) is 7.26. The minimum absolute atomic E-state index is 0.805. The van der Waals surface area contributed by atoms with Crippen molar-refractivity contribution in [2.75, 3.05) is 4.90 Å². The first-order valence-corrected chi connectivity index (χ1v) is 14.1. The fourth-order valence-electron chi connectivity index (χ4n) is 5.73. The summed E-state index contributed by atoms with van der Waals surface area (Å²) in [7, 11) is 0. The fourth-order valence-corrected chi connectivity index (χ4v) is 5.73. The molecule has 42 heavy (non-hydrogen) atoms. The SMILES string of the molecule is c1ccc(N(c2ccc(-c3ccc4ccccc4c3)cc2)c2ccc(-c3ccc4oc5ccccc5c4n3)cc2)cc1. The summed E-state index contributed by atoms with van der Waals surface area (Å²) < 4.78 is 5.98. The Morgan fingerprint density at radius 1 is 0.429 bits per heavy atom. The Balaban J connectivity index is 1.15. The highest BCUT2D eigenvalue weighted by atomic mass is 16.3. The highest BCUT2D eigenvalue weighted by Gasteiger charge is 2.14. The number of anilines is 3. The molecule has 0 spiro atoms. The monoisotopic (exact) mass is 538 g/mol. The number of para-hydroxylation sites is 2. The molecule has 0 saturated heterocycles. The van der Waals surface area contributed by atoms with Gasteiger partial charge in [0, 0.05) is 28.0 Å². The molecule has 0 N–H and O–H groups in total. The van der Waals surface area contributed by atoms with Crippen molar-refractivity contribution < 1.29 is 4.42 Å². The van der Waals surface area contributed by atoms with E-state index in [2.05, 4.69) is 132 Å². The minimum Gasteiger partial charge on any atom is -0.454 e. The average Bonchev–Trinajstić information content (AvgIpc) is 3.44. The summed E-state index contributed by atoms with van der Waals surface area (Å²) in [5.41, 5.74) is 10.2. The van der Waals surface area contributed by atoms with Crippen LogP contribution in [-0.4, -0.2) is 4.98 Å². The normalized spacial score (nSPS) is 11.3. The lowest BCUT2D eigenvalue weighted by Crippen LogP contribution is -2.09. The van der Waals surface area contributed by atoms with Gasteiger partial charge in [-0.25, -0.2) is 4.98 Å². The Hall–Kier alpha value is -5.67. The number of hydrogen-bond acceptors (Lipinski definition) is 3. The summed E-state index contributed by atoms with van der Waals surface area (Å²) in [6.45, 7) is 0. The highest BCUT2D eigenvalue weighted by molar-refractivity contribution is 6.03. The van der Waals surface area contributed by atoms with E-state index in [0.717, 1.165) is 50.4 Å². The summed E-state index contributed by atoms with van der Waals surface area (Å²) in [5, 5.41) is 3.54. The Morgan fingerprint density at radius 3 is 1.83 bits per heavy atom. The van der Waals surface area contributed by atoms with Crippen molar-refractivity contribution in [3.05, 3.63) is 158 Å². The fraction of sp³-hybridized carbons (Fsp3) is 0. The molecule has 198 valence electrons. The summed E-state index contributed by atoms with van der Waals surface area (Å²) in [6, 6.07) is 55.2. The van der Waals surface area contributed by atoms with Gasteiger partial charge in [-0.3, -0.25) is 0 Å². The molecular weight excluding hydrogens is 512 g/mol. The van der Waals surface area contributed by atoms with Crippen molar-refractivity contribution in [1.82, 2.24) is 4.98 Å². The standard InChI is InChI=1S/C39H26N2O/c1-2-10-32(11-3-1)41(33-20-16-28(17-21-33)31-15-14-27-8-4-5-9-30(27)26-31)34-22-18-29(19-23-34)36-24-25-38-39(40-36)35-12-6-7-13-37(35)42-38/h1-26H. The van der Waals surface area contributed by atoms with Crippen LogP contribution in [0.15, 0.2) is 162 Å². The highest BCUT2D eigenvalue weighted by Crippen LogP contribution is 2.37. The van der Waals surface area contributed by atoms with Gasteiger partial charge in [-0.15, -0.1) is 0 Å². The van der Waals surface area contributed by atoms with Crippen LogP contribution in [0.1, 0.15) is 0 Å². The van der Waals surface area contributed by atoms with Crippen molar-refractivity contribution in [2.24, 2.45) is 0 Å². The van der Waals surface area contributed by atoms with Crippen molar-refractivity contribution >= 4 is 49.9 Å². The molecule has 8 rings (SSSR count). The zero-order chi connectivity index (χ0) is 27.9. The van der Waals surface area contributed by atoms with E-state index in [9.17, 15) is 0 Å². The lowest BCUT2D eigenvalue weighted by atomic mass is 10.0. The van der Waals surface area contributed by atoms with Gasteiger partial charge in [-0.2, -0.15) is 0 Å². The lowest BCUT2D eigenvalue weighted by Gasteiger charge is -2.26. The number of hydrogen-bond donors (Lipinski definition) is 0. The Kier molecular flexibility index (Phi) is 5.79. The second-order valence-corrected chi connectivity index (χ2v) is 10.5. The van der Waals surface area contributed by atoms with Crippen LogP contribution < -0.4 is 4.90 Å². The molecule has 0 unspecified atom stereocenters. The third kappa shape index (κ3) is 4.29. The predicted octanol–water partition coefficient (Wildman–Crippen LogP) is 10.9. The van der Waals surface area contributed by atoms with Gasteiger partial charge in [-0.05, 0) is 88.6 Å². The third-order valence-corrected chi connectivity index (χ3v) is 7.86. The Labute approximate surface area is 243 Å². The van der Waals surface area contributed by atoms with Crippen LogP contribution >= 0.6 is 0 Å². The number of rotatable bonds is 5. The van der Waals surface area contributed by atoms with E-state index in [1.54, 1.807) is 0 Å². The maximum absolute atomic E-state index is 5.98. The molecular formula is C39H26N2O. The molecule has 0 radical (unpaired) electrons. The van der Waals surface area contributed by atoms with Gasteiger partial charge in [-0.1, -0.05) is 91.0 Å². The molecule has 0 aliphatic rings. The van der Waals surface area contributed by atoms with E-state index in [-0.39, 0.29) is 0 Å². The molecule has 0 amide bonds. The second-order valence-electron chi connectivity index (χ2n) is 10.5. The largest absolute Gasteiger partial charge is 0.454 e. The maximum atomic E-state index is 5.98. The predicted molar refractivity (Wildman–Crippen MR) is 175 cm³/mol. The van der Waals surface area contributed by atoms with Crippen LogP contribution in [0.2, 0.25) is 0 Å². The molecule has 0 atom stereocenters. The first-order valence-electron chi connectivity index (χ1n) is 14.1.